The van der Waals surface area contributed by atoms with E-state index in [1.807, 2.05) is 5.32 Å². The van der Waals surface area contributed by atoms with Gasteiger partial charge in [0.1, 0.15) is 84.6 Å². The van der Waals surface area contributed by atoms with E-state index in [-0.39, 0.29) is 6.42 Å². The van der Waals surface area contributed by atoms with Crippen LogP contribution >= 0.6 is 0 Å². The lowest BCUT2D eigenvalue weighted by Gasteiger charge is -2.35. The molecule has 0 heterocycles. The number of nitrogens with one attached hydrogen (secondary N) is 19. The number of carbonyl (C=O) groups excluding carboxylic acids is 22. The van der Waals surface area contributed by atoms with Gasteiger partial charge in [0, 0.05) is 62.8 Å². The molecular weight excluding hydrogens is 1720 g/mol. The number of amides is 22. The zero-order valence-corrected chi connectivity index (χ0v) is 75.4. The predicted molar refractivity (Wildman–Crippen MR) is 450 cm³/mol. The Morgan fingerprint density at radius 1 is 0.352 bits per heavy atom. The van der Waals surface area contributed by atoms with Crippen LogP contribution in [0.3, 0.4) is 0 Å². The highest BCUT2D eigenvalue weighted by atomic mass is 32.2. The first-order chi connectivity index (χ1) is 59.2. The summed E-state index contributed by atoms with van der Waals surface area (Å²) in [6.45, 7) is 15.8. The van der Waals surface area contributed by atoms with Gasteiger partial charge in [0.25, 0.3) is 5.91 Å². The number of carbonyl (C=O) groups is 23. The molecule has 0 aromatic carbocycles. The molecule has 52 nitrogen and oxygen atoms in total. The summed E-state index contributed by atoms with van der Waals surface area (Å²) in [5.41, 5.74) is 20.5. The van der Waals surface area contributed by atoms with Crippen molar-refractivity contribution >= 4 is 147 Å². The standard InChI is InChI=1S/C75H129N23O29S/c1-19-32(8)52(94-59(110)36(76)22-46(105)80-14)69(120)88-41(26-48(107)82-16)63(114)92-51(31(6)7)68(119)97-55(56(108)72(123)83-17)71(122)84-33(9)58(109)86-40(25-47(106)81-15)62(113)91-50(30(4)5)67(118)90-42(27-99)65(116)93-49(29(2)3)66(117)87-39(24-45(79)104)64(115)98-57(75(12,13)28-128(18)127)73(124)89-38(23-44(78)103)61(112)85-37(20-21-43(77)102)60(111)95-53(34(10)100)70(121)96-54(35(11)101)74(125)126/h29-42,49-57,99-101,108H,19-28,76H2,1-18H3,(H2,77,102)(H2,78,103)(H2,79,104)(H,80,105)(H,81,106)(H,82,107)(H,83,123)(H,84,122)(H,85,112)(H,86,109)(H,87,117)(H,88,120)(H,89,124)(H,90,118)(H,91,113)(H,92,114)(H,93,116)(H,94,110)(H,95,111)(H,96,121)(H,97,119)(H,98,115)(H,125,126)/t32-,33-,34+,35+,36+,37-,38+,39+,40+,41+,42+,49-,50-,51-,52-,53+,54-,55+,56+,57+,128+/m0/s1. The molecule has 22 amide bonds. The summed E-state index contributed by atoms with van der Waals surface area (Å²) in [7, 11) is 2.87. The van der Waals surface area contributed by atoms with E-state index in [4.69, 9.17) is 22.9 Å². The average molecular weight is 1850 g/mol. The molecule has 0 aliphatic heterocycles. The Kier molecular flexibility index (Phi) is 50.1. The van der Waals surface area contributed by atoms with Crippen molar-refractivity contribution in [3.63, 3.8) is 0 Å². The van der Waals surface area contributed by atoms with Crippen molar-refractivity contribution in [2.45, 2.75) is 256 Å². The van der Waals surface area contributed by atoms with Crippen LogP contribution in [0.5, 0.6) is 0 Å². The van der Waals surface area contributed by atoms with Crippen molar-refractivity contribution in [1.29, 1.82) is 0 Å². The summed E-state index contributed by atoms with van der Waals surface area (Å²) < 4.78 is 12.8. The SMILES string of the molecule is CC[C@H](C)[C@H](NC(=O)[C@H](N)CC(=O)NC)C(=O)N[C@H](CC(=O)NC)C(=O)N[C@H](C(=O)N[C@@H](C(=O)N[C@@H](C)C(=O)N[C@H](CC(=O)NC)C(=O)N[C@H](C(=O)N[C@H](CO)C(=O)N[C@H](C(=O)N[C@H](CC(N)=O)C(=O)N[C@H](C(=O)N[C@H](CC(N)=O)C(=O)N[C@@H](CCC(N)=O)C(=O)N[C@@H](C(=O)N[C@H](C(=O)O)[C@@H](C)O)[C@@H](C)O)C(C)(C)C[S@@](C)=O)C(C)C)C(C)C)[C@@H](O)C(=O)NC)C(C)C. The zero-order valence-electron chi connectivity index (χ0n) is 74.6. The Balaban J connectivity index is 7.19. The van der Waals surface area contributed by atoms with Crippen molar-refractivity contribution in [2.75, 3.05) is 46.8 Å². The maximum absolute atomic E-state index is 14.6. The van der Waals surface area contributed by atoms with E-state index in [2.05, 4.69) is 95.7 Å². The van der Waals surface area contributed by atoms with Crippen molar-refractivity contribution in [3.05, 3.63) is 0 Å². The van der Waals surface area contributed by atoms with Crippen LogP contribution in [0.1, 0.15) is 141 Å². The molecule has 53 heteroatoms. The fraction of sp³-hybridized carbons (Fsp3) is 0.693. The van der Waals surface area contributed by atoms with Crippen LogP contribution in [0.2, 0.25) is 0 Å². The summed E-state index contributed by atoms with van der Waals surface area (Å²) in [5.74, 6) is -32.0. The van der Waals surface area contributed by atoms with Gasteiger partial charge in [-0.2, -0.15) is 0 Å². The third-order valence-corrected chi connectivity index (χ3v) is 20.7. The lowest BCUT2D eigenvalue weighted by Crippen LogP contribution is -2.64. The van der Waals surface area contributed by atoms with E-state index in [0.29, 0.717) is 0 Å². The Bertz CT molecular complexity index is 4020. The van der Waals surface area contributed by atoms with Gasteiger partial charge in [0.2, 0.25) is 124 Å². The molecule has 128 heavy (non-hydrogen) atoms. The van der Waals surface area contributed by atoms with Gasteiger partial charge in [-0.05, 0) is 50.9 Å². The Labute approximate surface area is 740 Å². The number of rotatable bonds is 57. The van der Waals surface area contributed by atoms with Crippen LogP contribution in [0.4, 0.5) is 0 Å². The molecule has 0 saturated heterocycles. The van der Waals surface area contributed by atoms with E-state index in [9.17, 15) is 140 Å². The van der Waals surface area contributed by atoms with Crippen molar-refractivity contribution in [3.8, 4) is 0 Å². The number of likely N-dealkylation sites (N-methyl/N-ethyl adjacent to an activating group) is 1. The molecule has 32 N–H and O–H groups in total. The minimum Gasteiger partial charge on any atom is -0.480 e. The van der Waals surface area contributed by atoms with Gasteiger partial charge in [-0.25, -0.2) is 4.79 Å². The molecule has 724 valence electrons. The number of hydrogen-bond donors (Lipinski definition) is 28. The molecule has 0 aromatic heterocycles. The van der Waals surface area contributed by atoms with Gasteiger partial charge >= 0.3 is 5.97 Å². The molecule has 0 unspecified atom stereocenters. The van der Waals surface area contributed by atoms with Gasteiger partial charge in [-0.15, -0.1) is 0 Å². The second kappa shape index (κ2) is 55.4. The summed E-state index contributed by atoms with van der Waals surface area (Å²) in [4.78, 5) is 310. The van der Waals surface area contributed by atoms with Crippen LogP contribution in [0.15, 0.2) is 0 Å². The normalized spacial score (nSPS) is 16.2. The summed E-state index contributed by atoms with van der Waals surface area (Å²) >= 11 is 0. The Morgan fingerprint density at radius 3 is 1.05 bits per heavy atom. The Morgan fingerprint density at radius 2 is 0.672 bits per heavy atom. The minimum atomic E-state index is -2.47. The molecule has 0 bridgehead atoms. The van der Waals surface area contributed by atoms with Crippen molar-refractivity contribution in [2.24, 2.45) is 52.0 Å². The summed E-state index contributed by atoms with van der Waals surface area (Å²) in [6.07, 6.45) is -10.2. The molecule has 0 spiro atoms. The second-order valence-corrected chi connectivity index (χ2v) is 33.3. The van der Waals surface area contributed by atoms with Crippen LogP contribution in [0.25, 0.3) is 0 Å². The lowest BCUT2D eigenvalue weighted by molar-refractivity contribution is -0.146. The molecular formula is C75H129N23O29S. The molecule has 0 radical (unpaired) electrons. The maximum atomic E-state index is 14.6. The predicted octanol–water partition coefficient (Wildman–Crippen LogP) is -14.6. The number of hydrogen-bond acceptors (Lipinski definition) is 29. The first-order valence-corrected chi connectivity index (χ1v) is 42.1. The maximum Gasteiger partial charge on any atom is 0.328 e. The minimum absolute atomic E-state index is 0.268. The number of carboxylic acids is 1. The molecule has 0 aliphatic carbocycles. The number of nitrogens with two attached hydrogens (primary N) is 4. The Hall–Kier alpha value is -12.2. The number of primary amides is 3. The van der Waals surface area contributed by atoms with Gasteiger partial charge in [0.15, 0.2) is 12.1 Å². The first-order valence-electron chi connectivity index (χ1n) is 40.4. The van der Waals surface area contributed by atoms with Crippen LogP contribution < -0.4 is 124 Å². The number of aliphatic hydroxyl groups is 4. The van der Waals surface area contributed by atoms with E-state index in [1.165, 1.54) is 75.7 Å². The molecule has 0 fully saturated rings. The molecule has 21 atom stereocenters. The van der Waals surface area contributed by atoms with E-state index in [0.717, 1.165) is 34.9 Å². The largest absolute Gasteiger partial charge is 0.480 e. The summed E-state index contributed by atoms with van der Waals surface area (Å²) in [6, 6.07) is -30.1. The van der Waals surface area contributed by atoms with Crippen LogP contribution in [0, 0.1) is 29.1 Å². The highest BCUT2D eigenvalue weighted by molar-refractivity contribution is 7.84. The highest BCUT2D eigenvalue weighted by Crippen LogP contribution is 2.24. The van der Waals surface area contributed by atoms with Crippen LogP contribution in [-0.4, -0.2) is 327 Å². The summed E-state index contributed by atoms with van der Waals surface area (Å²) in [5, 5.41) is 94.1. The van der Waals surface area contributed by atoms with E-state index >= 15 is 0 Å². The zero-order chi connectivity index (χ0) is 99.1. The third kappa shape index (κ3) is 39.3. The number of carboxylic acid groups (broad SMARTS) is 1. The van der Waals surface area contributed by atoms with Crippen LogP contribution in [-0.2, 0) is 121 Å². The molecule has 0 rings (SSSR count). The van der Waals surface area contributed by atoms with Gasteiger partial charge in [0.05, 0.1) is 57.0 Å². The topological polar surface area (TPSA) is 843 Å². The quantitative estimate of drug-likeness (QED) is 0.0269. The smallest absolute Gasteiger partial charge is 0.328 e. The molecule has 0 saturated carbocycles. The lowest BCUT2D eigenvalue weighted by atomic mass is 9.85. The number of aliphatic carboxylic acids is 1. The van der Waals surface area contributed by atoms with Gasteiger partial charge < -0.3 is 149 Å². The van der Waals surface area contributed by atoms with E-state index < -0.39 is 348 Å². The third-order valence-electron chi connectivity index (χ3n) is 19.5. The van der Waals surface area contributed by atoms with Crippen molar-refractivity contribution < 1.29 is 140 Å². The van der Waals surface area contributed by atoms with E-state index in [1.54, 1.807) is 13.8 Å². The fourth-order valence-electron chi connectivity index (χ4n) is 11.9. The second-order valence-electron chi connectivity index (χ2n) is 31.9. The van der Waals surface area contributed by atoms with Crippen molar-refractivity contribution in [1.82, 2.24) is 101 Å². The van der Waals surface area contributed by atoms with Gasteiger partial charge in [-0.1, -0.05) is 75.7 Å². The fourth-order valence-corrected chi connectivity index (χ4v) is 13.1. The molecule has 0 aliphatic rings. The number of aliphatic hydroxyl groups excluding tert-OH is 4. The monoisotopic (exact) mass is 1850 g/mol. The highest BCUT2D eigenvalue weighted by Gasteiger charge is 2.45. The first kappa shape index (κ1) is 116. The molecule has 0 aromatic rings. The average Bonchev–Trinajstić information content (AvgIpc) is 0.907. The van der Waals surface area contributed by atoms with Gasteiger partial charge in [-0.3, -0.25) is 110 Å².